The minimum atomic E-state index is 0.738. The van der Waals surface area contributed by atoms with E-state index >= 15 is 0 Å². The van der Waals surface area contributed by atoms with Gasteiger partial charge in [-0.3, -0.25) is 4.99 Å². The van der Waals surface area contributed by atoms with E-state index in [1.165, 1.54) is 29.8 Å². The van der Waals surface area contributed by atoms with Gasteiger partial charge in [0.1, 0.15) is 0 Å². The Morgan fingerprint density at radius 2 is 2.00 bits per heavy atom. The second-order valence-corrected chi connectivity index (χ2v) is 7.39. The molecule has 5 heteroatoms. The molecule has 0 aliphatic carbocycles. The second-order valence-electron chi connectivity index (χ2n) is 5.98. The molecule has 0 aromatic heterocycles. The van der Waals surface area contributed by atoms with Crippen LogP contribution in [0.5, 0.6) is 0 Å². The topological polar surface area (TPSA) is 39.7 Å². The Morgan fingerprint density at radius 1 is 1.22 bits per heavy atom. The molecule has 2 N–H and O–H groups in total. The summed E-state index contributed by atoms with van der Waals surface area (Å²) in [7, 11) is 1.83. The quantitative estimate of drug-likeness (QED) is 0.495. The van der Waals surface area contributed by atoms with Crippen molar-refractivity contribution < 1.29 is 0 Å². The van der Waals surface area contributed by atoms with Gasteiger partial charge in [-0.1, -0.05) is 24.3 Å². The molecular weight excluding hydrogens is 304 g/mol. The second kappa shape index (κ2) is 8.29. The van der Waals surface area contributed by atoms with Crippen LogP contribution in [0.3, 0.4) is 0 Å². The maximum Gasteiger partial charge on any atom is 0.191 e. The Hall–Kier alpha value is -1.62. The van der Waals surface area contributed by atoms with E-state index in [4.69, 9.17) is 0 Å². The zero-order valence-electron chi connectivity index (χ0n) is 13.8. The summed E-state index contributed by atoms with van der Waals surface area (Å²) in [5, 5.41) is 7.58. The standard InChI is InChI=1S/C18H26N4S/c1-19-18(21-14-17-5-4-12-23-17)20-13-15-6-8-16(9-7-15)22-10-2-3-11-22/h2-3,6-9,17H,4-5,10-14H2,1H3,(H2,19,20,21). The minimum absolute atomic E-state index is 0.738. The van der Waals surface area contributed by atoms with Crippen LogP contribution >= 0.6 is 11.8 Å². The Kier molecular flexibility index (Phi) is 5.86. The zero-order chi connectivity index (χ0) is 15.9. The summed E-state index contributed by atoms with van der Waals surface area (Å²) < 4.78 is 0. The molecule has 3 rings (SSSR count). The molecule has 23 heavy (non-hydrogen) atoms. The molecule has 124 valence electrons. The van der Waals surface area contributed by atoms with Gasteiger partial charge in [0.2, 0.25) is 0 Å². The van der Waals surface area contributed by atoms with E-state index in [-0.39, 0.29) is 0 Å². The lowest BCUT2D eigenvalue weighted by Gasteiger charge is -2.18. The zero-order valence-corrected chi connectivity index (χ0v) is 14.6. The molecule has 0 amide bonds. The Bertz CT molecular complexity index is 539. The van der Waals surface area contributed by atoms with Gasteiger partial charge in [0.05, 0.1) is 0 Å². The fourth-order valence-electron chi connectivity index (χ4n) is 2.94. The van der Waals surface area contributed by atoms with Gasteiger partial charge in [-0.05, 0) is 36.3 Å². The molecule has 1 unspecified atom stereocenters. The van der Waals surface area contributed by atoms with E-state index in [0.717, 1.165) is 37.4 Å². The maximum atomic E-state index is 4.31. The molecule has 2 aliphatic rings. The van der Waals surface area contributed by atoms with E-state index in [1.807, 2.05) is 7.05 Å². The van der Waals surface area contributed by atoms with Crippen LogP contribution in [0.25, 0.3) is 0 Å². The molecule has 0 radical (unpaired) electrons. The highest BCUT2D eigenvalue weighted by molar-refractivity contribution is 8.00. The number of aliphatic imine (C=N–C) groups is 1. The summed E-state index contributed by atoms with van der Waals surface area (Å²) >= 11 is 2.07. The maximum absolute atomic E-state index is 4.31. The molecule has 0 spiro atoms. The molecule has 1 saturated heterocycles. The van der Waals surface area contributed by atoms with E-state index < -0.39 is 0 Å². The number of guanidine groups is 1. The third-order valence-corrected chi connectivity index (χ3v) is 5.72. The van der Waals surface area contributed by atoms with Crippen molar-refractivity contribution >= 4 is 23.4 Å². The fourth-order valence-corrected chi connectivity index (χ4v) is 4.14. The number of benzene rings is 1. The summed E-state index contributed by atoms with van der Waals surface area (Å²) in [5.41, 5.74) is 2.57. The van der Waals surface area contributed by atoms with E-state index in [2.05, 4.69) is 68.7 Å². The first-order chi connectivity index (χ1) is 11.3. The van der Waals surface area contributed by atoms with Crippen LogP contribution in [0.15, 0.2) is 41.4 Å². The Labute approximate surface area is 143 Å². The van der Waals surface area contributed by atoms with Crippen molar-refractivity contribution in [2.24, 2.45) is 4.99 Å². The third kappa shape index (κ3) is 4.67. The fraction of sp³-hybridized carbons (Fsp3) is 0.500. The van der Waals surface area contributed by atoms with E-state index in [0.29, 0.717) is 0 Å². The average Bonchev–Trinajstić information content (AvgIpc) is 3.29. The molecule has 0 bridgehead atoms. The van der Waals surface area contributed by atoms with Crippen molar-refractivity contribution in [3.8, 4) is 0 Å². The highest BCUT2D eigenvalue weighted by Crippen LogP contribution is 2.25. The van der Waals surface area contributed by atoms with Gasteiger partial charge in [-0.25, -0.2) is 0 Å². The van der Waals surface area contributed by atoms with Crippen molar-refractivity contribution in [2.75, 3.05) is 37.3 Å². The summed E-state index contributed by atoms with van der Waals surface area (Å²) in [6.07, 6.45) is 7.10. The largest absolute Gasteiger partial charge is 0.364 e. The summed E-state index contributed by atoms with van der Waals surface area (Å²) in [6.45, 7) is 3.85. The number of hydrogen-bond donors (Lipinski definition) is 2. The van der Waals surface area contributed by atoms with Gasteiger partial charge < -0.3 is 15.5 Å². The number of hydrogen-bond acceptors (Lipinski definition) is 3. The van der Waals surface area contributed by atoms with E-state index in [1.54, 1.807) is 0 Å². The molecule has 2 heterocycles. The molecular formula is C18H26N4S. The van der Waals surface area contributed by atoms with Crippen LogP contribution < -0.4 is 15.5 Å². The van der Waals surface area contributed by atoms with Crippen LogP contribution in [0.4, 0.5) is 5.69 Å². The highest BCUT2D eigenvalue weighted by atomic mass is 32.2. The lowest BCUT2D eigenvalue weighted by Crippen LogP contribution is -2.39. The highest BCUT2D eigenvalue weighted by Gasteiger charge is 2.15. The first kappa shape index (κ1) is 16.2. The molecule has 1 aromatic rings. The Morgan fingerprint density at radius 3 is 2.65 bits per heavy atom. The van der Waals surface area contributed by atoms with Gasteiger partial charge >= 0.3 is 0 Å². The van der Waals surface area contributed by atoms with Crippen molar-refractivity contribution in [1.29, 1.82) is 0 Å². The van der Waals surface area contributed by atoms with Crippen molar-refractivity contribution in [3.05, 3.63) is 42.0 Å². The van der Waals surface area contributed by atoms with Crippen molar-refractivity contribution in [2.45, 2.75) is 24.6 Å². The van der Waals surface area contributed by atoms with Crippen LogP contribution in [0.2, 0.25) is 0 Å². The van der Waals surface area contributed by atoms with E-state index in [9.17, 15) is 0 Å². The van der Waals surface area contributed by atoms with Gasteiger partial charge in [-0.15, -0.1) is 0 Å². The predicted molar refractivity (Wildman–Crippen MR) is 101 cm³/mol. The summed E-state index contributed by atoms with van der Waals surface area (Å²) in [6, 6.07) is 8.80. The molecule has 1 atom stereocenters. The van der Waals surface area contributed by atoms with Crippen LogP contribution in [-0.2, 0) is 6.54 Å². The average molecular weight is 331 g/mol. The minimum Gasteiger partial charge on any atom is -0.364 e. The Balaban J connectivity index is 1.44. The van der Waals surface area contributed by atoms with Gasteiger partial charge in [0.25, 0.3) is 0 Å². The SMILES string of the molecule is CN=C(NCc1ccc(N2CC=CC2)cc1)NCC1CCCS1. The monoisotopic (exact) mass is 330 g/mol. The summed E-state index contributed by atoms with van der Waals surface area (Å²) in [5.74, 6) is 2.20. The van der Waals surface area contributed by atoms with Gasteiger partial charge in [0, 0.05) is 44.2 Å². The number of nitrogens with one attached hydrogen (secondary N) is 2. The lowest BCUT2D eigenvalue weighted by atomic mass is 10.2. The number of thioether (sulfide) groups is 1. The normalized spacial score (nSPS) is 21.0. The predicted octanol–water partition coefficient (Wildman–Crippen LogP) is 2.62. The van der Waals surface area contributed by atoms with Crippen LogP contribution in [0, 0.1) is 0 Å². The number of nitrogens with zero attached hydrogens (tertiary/aromatic N) is 2. The number of rotatable bonds is 5. The molecule has 2 aliphatic heterocycles. The molecule has 1 fully saturated rings. The smallest absolute Gasteiger partial charge is 0.191 e. The first-order valence-electron chi connectivity index (χ1n) is 8.40. The van der Waals surface area contributed by atoms with Gasteiger partial charge in [-0.2, -0.15) is 11.8 Å². The van der Waals surface area contributed by atoms with Gasteiger partial charge in [0.15, 0.2) is 5.96 Å². The summed E-state index contributed by atoms with van der Waals surface area (Å²) in [4.78, 5) is 6.67. The molecule has 0 saturated carbocycles. The third-order valence-electron chi connectivity index (χ3n) is 4.32. The van der Waals surface area contributed by atoms with Crippen molar-refractivity contribution in [1.82, 2.24) is 10.6 Å². The first-order valence-corrected chi connectivity index (χ1v) is 9.45. The van der Waals surface area contributed by atoms with Crippen LogP contribution in [0.1, 0.15) is 18.4 Å². The van der Waals surface area contributed by atoms with Crippen molar-refractivity contribution in [3.63, 3.8) is 0 Å². The number of anilines is 1. The lowest BCUT2D eigenvalue weighted by molar-refractivity contribution is 0.726. The van der Waals surface area contributed by atoms with Crippen LogP contribution in [-0.4, -0.2) is 43.6 Å². The molecule has 4 nitrogen and oxygen atoms in total. The molecule has 1 aromatic carbocycles.